The zero-order valence-electron chi connectivity index (χ0n) is 14.9. The third kappa shape index (κ3) is 5.04. The van der Waals surface area contributed by atoms with Crippen molar-refractivity contribution in [1.82, 2.24) is 10.5 Å². The molecule has 1 aliphatic rings. The number of carbonyl (C=O) groups excluding carboxylic acids is 1. The predicted octanol–water partition coefficient (Wildman–Crippen LogP) is 2.71. The molecule has 2 rings (SSSR count). The number of ether oxygens (including phenoxy) is 1. The van der Waals surface area contributed by atoms with E-state index in [1.54, 1.807) is 6.07 Å². The quantitative estimate of drug-likeness (QED) is 0.871. The normalized spacial score (nSPS) is 17.3. The summed E-state index contributed by atoms with van der Waals surface area (Å²) in [6.45, 7) is 12.3. The summed E-state index contributed by atoms with van der Waals surface area (Å²) in [5, 5.41) is 10.1. The zero-order chi connectivity index (χ0) is 17.1. The maximum atomic E-state index is 12.5. The first-order valence-corrected chi connectivity index (χ1v) is 8.30. The molecular weight excluding hydrogens is 294 g/mol. The second kappa shape index (κ2) is 7.01. The molecule has 1 saturated heterocycles. The van der Waals surface area contributed by atoms with E-state index >= 15 is 0 Å². The fourth-order valence-electron chi connectivity index (χ4n) is 2.39. The minimum Gasteiger partial charge on any atom is -0.381 e. The molecule has 1 fully saturated rings. The lowest BCUT2D eigenvalue weighted by molar-refractivity contribution is -0.121. The van der Waals surface area contributed by atoms with Crippen LogP contribution in [0.5, 0.6) is 0 Å². The molecule has 0 atom stereocenters. The topological polar surface area (TPSA) is 76.4 Å². The number of amides is 1. The summed E-state index contributed by atoms with van der Waals surface area (Å²) in [5.41, 5.74) is -0.800. The van der Waals surface area contributed by atoms with Crippen LogP contribution in [0.2, 0.25) is 0 Å². The largest absolute Gasteiger partial charge is 0.381 e. The lowest BCUT2D eigenvalue weighted by atomic mass is 9.93. The van der Waals surface area contributed by atoms with Crippen LogP contribution in [0.25, 0.3) is 0 Å². The summed E-state index contributed by atoms with van der Waals surface area (Å²) in [4.78, 5) is 12.5. The first kappa shape index (κ1) is 17.9. The van der Waals surface area contributed by atoms with Crippen molar-refractivity contribution >= 4 is 11.7 Å². The molecule has 0 spiro atoms. The molecule has 2 N–H and O–H groups in total. The van der Waals surface area contributed by atoms with Crippen LogP contribution < -0.4 is 10.6 Å². The molecule has 0 unspecified atom stereocenters. The number of aromatic nitrogens is 1. The fraction of sp³-hybridized carbons (Fsp3) is 0.765. The summed E-state index contributed by atoms with van der Waals surface area (Å²) < 4.78 is 10.7. The first-order valence-electron chi connectivity index (χ1n) is 8.30. The van der Waals surface area contributed by atoms with Gasteiger partial charge in [-0.25, -0.2) is 0 Å². The fourth-order valence-corrected chi connectivity index (χ4v) is 2.39. The van der Waals surface area contributed by atoms with Gasteiger partial charge in [-0.1, -0.05) is 25.9 Å². The molecule has 0 radical (unpaired) electrons. The van der Waals surface area contributed by atoms with Gasteiger partial charge in [0, 0.05) is 24.7 Å². The average Bonchev–Trinajstić information content (AvgIpc) is 2.95. The SMILES string of the molecule is CC(C)(NCC1CCOCC1)C(=O)Nc1cc(C(C)(C)C)on1. The molecule has 130 valence electrons. The predicted molar refractivity (Wildman–Crippen MR) is 89.5 cm³/mol. The van der Waals surface area contributed by atoms with Gasteiger partial charge in [-0.05, 0) is 39.2 Å². The lowest BCUT2D eigenvalue weighted by Crippen LogP contribution is -2.51. The van der Waals surface area contributed by atoms with Crippen LogP contribution in [0.15, 0.2) is 10.6 Å². The highest BCUT2D eigenvalue weighted by Crippen LogP contribution is 2.24. The molecule has 2 heterocycles. The third-order valence-corrected chi connectivity index (χ3v) is 4.23. The number of anilines is 1. The van der Waals surface area contributed by atoms with Gasteiger partial charge in [0.05, 0.1) is 5.54 Å². The van der Waals surface area contributed by atoms with Gasteiger partial charge in [0.1, 0.15) is 5.76 Å². The Balaban J connectivity index is 1.88. The highest BCUT2D eigenvalue weighted by Gasteiger charge is 2.29. The number of hydrogen-bond acceptors (Lipinski definition) is 5. The van der Waals surface area contributed by atoms with Crippen LogP contribution in [-0.2, 0) is 14.9 Å². The van der Waals surface area contributed by atoms with E-state index in [0.717, 1.165) is 38.4 Å². The van der Waals surface area contributed by atoms with Crippen LogP contribution in [0, 0.1) is 5.92 Å². The standard InChI is InChI=1S/C17H29N3O3/c1-16(2,3)13-10-14(20-23-13)19-15(21)17(4,5)18-11-12-6-8-22-9-7-12/h10,12,18H,6-9,11H2,1-5H3,(H,19,20,21). The molecule has 1 amide bonds. The van der Waals surface area contributed by atoms with Gasteiger partial charge in [0.2, 0.25) is 5.91 Å². The molecule has 1 aromatic heterocycles. The van der Waals surface area contributed by atoms with E-state index in [1.807, 2.05) is 34.6 Å². The number of hydrogen-bond donors (Lipinski definition) is 2. The van der Waals surface area contributed by atoms with Crippen molar-refractivity contribution in [2.45, 2.75) is 58.4 Å². The Morgan fingerprint density at radius 1 is 1.26 bits per heavy atom. The zero-order valence-corrected chi connectivity index (χ0v) is 14.9. The van der Waals surface area contributed by atoms with Crippen LogP contribution in [0.3, 0.4) is 0 Å². The van der Waals surface area contributed by atoms with Gasteiger partial charge < -0.3 is 19.9 Å². The van der Waals surface area contributed by atoms with Crippen LogP contribution >= 0.6 is 0 Å². The minimum atomic E-state index is -0.668. The number of rotatable bonds is 5. The Morgan fingerprint density at radius 2 is 1.91 bits per heavy atom. The van der Waals surface area contributed by atoms with Crippen molar-refractivity contribution < 1.29 is 14.1 Å². The molecule has 1 aliphatic heterocycles. The van der Waals surface area contributed by atoms with Gasteiger partial charge in [-0.3, -0.25) is 4.79 Å². The average molecular weight is 323 g/mol. The van der Waals surface area contributed by atoms with E-state index in [-0.39, 0.29) is 11.3 Å². The van der Waals surface area contributed by atoms with Gasteiger partial charge in [0.25, 0.3) is 0 Å². The van der Waals surface area contributed by atoms with Crippen molar-refractivity contribution in [2.75, 3.05) is 25.1 Å². The van der Waals surface area contributed by atoms with Crippen LogP contribution in [-0.4, -0.2) is 36.4 Å². The summed E-state index contributed by atoms with van der Waals surface area (Å²) in [5.74, 6) is 1.66. The summed E-state index contributed by atoms with van der Waals surface area (Å²) in [6.07, 6.45) is 2.09. The Morgan fingerprint density at radius 3 is 2.48 bits per heavy atom. The van der Waals surface area contributed by atoms with Crippen molar-refractivity contribution in [2.24, 2.45) is 5.92 Å². The van der Waals surface area contributed by atoms with E-state index in [0.29, 0.717) is 11.7 Å². The molecular formula is C17H29N3O3. The monoisotopic (exact) mass is 323 g/mol. The summed E-state index contributed by atoms with van der Waals surface area (Å²) >= 11 is 0. The Hall–Kier alpha value is -1.40. The Labute approximate surface area is 138 Å². The number of nitrogens with zero attached hydrogens (tertiary/aromatic N) is 1. The van der Waals surface area contributed by atoms with Crippen LogP contribution in [0.1, 0.15) is 53.2 Å². The molecule has 6 nitrogen and oxygen atoms in total. The summed E-state index contributed by atoms with van der Waals surface area (Å²) in [6, 6.07) is 1.78. The van der Waals surface area contributed by atoms with E-state index in [9.17, 15) is 4.79 Å². The number of carbonyl (C=O) groups is 1. The molecule has 0 saturated carbocycles. The van der Waals surface area contributed by atoms with Crippen molar-refractivity contribution in [3.8, 4) is 0 Å². The second-order valence-corrected chi connectivity index (χ2v) is 7.84. The summed E-state index contributed by atoms with van der Waals surface area (Å²) in [7, 11) is 0. The van der Waals surface area contributed by atoms with E-state index in [4.69, 9.17) is 9.26 Å². The third-order valence-electron chi connectivity index (χ3n) is 4.23. The molecule has 0 bridgehead atoms. The van der Waals surface area contributed by atoms with Gasteiger partial charge in [-0.2, -0.15) is 0 Å². The Bertz CT molecular complexity index is 525. The van der Waals surface area contributed by atoms with Gasteiger partial charge >= 0.3 is 0 Å². The molecule has 0 aliphatic carbocycles. The Kier molecular flexibility index (Phi) is 5.47. The van der Waals surface area contributed by atoms with Gasteiger partial charge in [0.15, 0.2) is 5.82 Å². The highest BCUT2D eigenvalue weighted by molar-refractivity contribution is 5.96. The maximum Gasteiger partial charge on any atom is 0.245 e. The minimum absolute atomic E-state index is 0.113. The lowest BCUT2D eigenvalue weighted by Gasteiger charge is -2.29. The van der Waals surface area contributed by atoms with Crippen LogP contribution in [0.4, 0.5) is 5.82 Å². The van der Waals surface area contributed by atoms with E-state index < -0.39 is 5.54 Å². The van der Waals surface area contributed by atoms with E-state index in [1.165, 1.54) is 0 Å². The van der Waals surface area contributed by atoms with Crippen molar-refractivity contribution in [1.29, 1.82) is 0 Å². The molecule has 6 heteroatoms. The molecule has 23 heavy (non-hydrogen) atoms. The highest BCUT2D eigenvalue weighted by atomic mass is 16.5. The smallest absolute Gasteiger partial charge is 0.245 e. The van der Waals surface area contributed by atoms with Crippen molar-refractivity contribution in [3.05, 3.63) is 11.8 Å². The van der Waals surface area contributed by atoms with E-state index in [2.05, 4.69) is 15.8 Å². The van der Waals surface area contributed by atoms with Crippen molar-refractivity contribution in [3.63, 3.8) is 0 Å². The molecule has 1 aromatic rings. The van der Waals surface area contributed by atoms with Gasteiger partial charge in [-0.15, -0.1) is 0 Å². The number of nitrogens with one attached hydrogen (secondary N) is 2. The maximum absolute atomic E-state index is 12.5. The first-order chi connectivity index (χ1) is 10.7. The molecule has 0 aromatic carbocycles. The second-order valence-electron chi connectivity index (χ2n) is 7.84.